The normalized spacial score (nSPS) is 11.8. The fourth-order valence-corrected chi connectivity index (χ4v) is 2.21. The summed E-state index contributed by atoms with van der Waals surface area (Å²) in [5, 5.41) is 0. The highest BCUT2D eigenvalue weighted by molar-refractivity contribution is 7.89. The van der Waals surface area contributed by atoms with Crippen molar-refractivity contribution in [2.45, 2.75) is 11.8 Å². The number of sulfonamides is 1. The summed E-state index contributed by atoms with van der Waals surface area (Å²) >= 11 is 0. The molecule has 1 aromatic rings. The third-order valence-corrected chi connectivity index (χ3v) is 4.03. The van der Waals surface area contributed by atoms with Gasteiger partial charge in [0.15, 0.2) is 0 Å². The molecule has 1 heterocycles. The number of nitrogens with one attached hydrogen (secondary N) is 1. The molecule has 1 rings (SSSR count). The molecule has 18 heavy (non-hydrogen) atoms. The number of ether oxygens (including phenoxy) is 1. The van der Waals surface area contributed by atoms with Crippen LogP contribution in [0.15, 0.2) is 17.3 Å². The first-order valence-electron chi connectivity index (χ1n) is 5.35. The van der Waals surface area contributed by atoms with E-state index in [-0.39, 0.29) is 17.4 Å². The van der Waals surface area contributed by atoms with Crippen molar-refractivity contribution >= 4 is 16.0 Å². The van der Waals surface area contributed by atoms with E-state index in [1.807, 2.05) is 6.92 Å². The van der Waals surface area contributed by atoms with Gasteiger partial charge in [-0.2, -0.15) is 4.31 Å². The molecule has 0 bridgehead atoms. The van der Waals surface area contributed by atoms with Crippen molar-refractivity contribution in [2.24, 2.45) is 5.84 Å². The second kappa shape index (κ2) is 6.59. The van der Waals surface area contributed by atoms with Gasteiger partial charge in [-0.1, -0.05) is 0 Å². The Hall–Kier alpha value is -1.29. The van der Waals surface area contributed by atoms with Gasteiger partial charge in [0.1, 0.15) is 4.90 Å². The van der Waals surface area contributed by atoms with Crippen molar-refractivity contribution in [1.29, 1.82) is 0 Å². The van der Waals surface area contributed by atoms with Gasteiger partial charge in [0.05, 0.1) is 19.0 Å². The maximum absolute atomic E-state index is 12.1. The van der Waals surface area contributed by atoms with E-state index in [0.29, 0.717) is 13.2 Å². The van der Waals surface area contributed by atoms with Gasteiger partial charge in [0, 0.05) is 20.2 Å². The summed E-state index contributed by atoms with van der Waals surface area (Å²) in [5.74, 6) is 5.26. The molecule has 0 radical (unpaired) electrons. The van der Waals surface area contributed by atoms with E-state index in [9.17, 15) is 8.42 Å². The predicted octanol–water partition coefficient (Wildman–Crippen LogP) is -0.581. The molecule has 0 fully saturated rings. The van der Waals surface area contributed by atoms with Crippen molar-refractivity contribution in [3.63, 3.8) is 0 Å². The third kappa shape index (κ3) is 3.60. The highest BCUT2D eigenvalue weighted by Gasteiger charge is 2.21. The average molecular weight is 275 g/mol. The Labute approximate surface area is 106 Å². The van der Waals surface area contributed by atoms with E-state index in [1.165, 1.54) is 23.7 Å². The zero-order valence-corrected chi connectivity index (χ0v) is 11.1. The minimum absolute atomic E-state index is 0.0144. The highest BCUT2D eigenvalue weighted by atomic mass is 32.2. The van der Waals surface area contributed by atoms with E-state index in [1.54, 1.807) is 0 Å². The number of nitrogens with two attached hydrogens (primary N) is 1. The van der Waals surface area contributed by atoms with Crippen molar-refractivity contribution in [1.82, 2.24) is 14.3 Å². The zero-order chi connectivity index (χ0) is 13.6. The smallest absolute Gasteiger partial charge is 0.245 e. The largest absolute Gasteiger partial charge is 0.380 e. The summed E-state index contributed by atoms with van der Waals surface area (Å²) < 4.78 is 30.4. The van der Waals surface area contributed by atoms with Gasteiger partial charge in [-0.3, -0.25) is 5.43 Å². The first-order valence-corrected chi connectivity index (χ1v) is 6.79. The summed E-state index contributed by atoms with van der Waals surface area (Å²) in [6.45, 7) is 3.01. The van der Waals surface area contributed by atoms with Crippen LogP contribution >= 0.6 is 0 Å². The lowest BCUT2D eigenvalue weighted by atomic mass is 10.7. The summed E-state index contributed by atoms with van der Waals surface area (Å²) in [5.41, 5.74) is 2.23. The minimum Gasteiger partial charge on any atom is -0.380 e. The molecule has 0 spiro atoms. The van der Waals surface area contributed by atoms with Gasteiger partial charge in [-0.15, -0.1) is 0 Å². The third-order valence-electron chi connectivity index (χ3n) is 2.22. The van der Waals surface area contributed by atoms with E-state index in [2.05, 4.69) is 15.4 Å². The van der Waals surface area contributed by atoms with Crippen LogP contribution in [0.2, 0.25) is 0 Å². The van der Waals surface area contributed by atoms with Crippen LogP contribution in [0.3, 0.4) is 0 Å². The molecule has 9 heteroatoms. The first-order chi connectivity index (χ1) is 8.52. The van der Waals surface area contributed by atoms with Crippen molar-refractivity contribution < 1.29 is 13.2 Å². The number of aromatic nitrogens is 2. The summed E-state index contributed by atoms with van der Waals surface area (Å²) in [4.78, 5) is 7.53. The Morgan fingerprint density at radius 3 is 2.56 bits per heavy atom. The quantitative estimate of drug-likeness (QED) is 0.389. The summed E-state index contributed by atoms with van der Waals surface area (Å²) in [6, 6.07) is 0. The number of hydrogen-bond donors (Lipinski definition) is 2. The van der Waals surface area contributed by atoms with Crippen LogP contribution in [-0.2, 0) is 14.8 Å². The minimum atomic E-state index is -3.58. The number of hydrazine groups is 1. The monoisotopic (exact) mass is 275 g/mol. The molecule has 0 saturated carbocycles. The van der Waals surface area contributed by atoms with Gasteiger partial charge in [0.2, 0.25) is 16.0 Å². The van der Waals surface area contributed by atoms with Crippen LogP contribution in [0.1, 0.15) is 6.92 Å². The highest BCUT2D eigenvalue weighted by Crippen LogP contribution is 2.12. The Bertz CT molecular complexity index is 462. The number of rotatable bonds is 7. The predicted molar refractivity (Wildman–Crippen MR) is 66.2 cm³/mol. The Morgan fingerprint density at radius 1 is 1.44 bits per heavy atom. The van der Waals surface area contributed by atoms with Crippen LogP contribution in [0.5, 0.6) is 0 Å². The van der Waals surface area contributed by atoms with Crippen molar-refractivity contribution in [3.8, 4) is 0 Å². The molecule has 0 aromatic carbocycles. The molecule has 0 aliphatic rings. The first kappa shape index (κ1) is 14.8. The molecule has 0 atom stereocenters. The summed E-state index contributed by atoms with van der Waals surface area (Å²) in [7, 11) is -2.11. The van der Waals surface area contributed by atoms with Gasteiger partial charge < -0.3 is 4.74 Å². The van der Waals surface area contributed by atoms with E-state index in [0.717, 1.165) is 0 Å². The standard InChI is InChI=1S/C9H17N5O3S/c1-3-17-5-4-14(2)18(15,16)8-6-11-9(13-10)12-7-8/h6-7H,3-5,10H2,1-2H3,(H,11,12,13). The Morgan fingerprint density at radius 2 is 2.06 bits per heavy atom. The number of hydrogen-bond acceptors (Lipinski definition) is 7. The molecule has 0 unspecified atom stereocenters. The van der Waals surface area contributed by atoms with E-state index in [4.69, 9.17) is 10.6 Å². The topological polar surface area (TPSA) is 110 Å². The maximum atomic E-state index is 12.1. The lowest BCUT2D eigenvalue weighted by Gasteiger charge is -2.16. The van der Waals surface area contributed by atoms with Crippen LogP contribution < -0.4 is 11.3 Å². The molecule has 102 valence electrons. The lowest BCUT2D eigenvalue weighted by Crippen LogP contribution is -2.30. The maximum Gasteiger partial charge on any atom is 0.245 e. The van der Waals surface area contributed by atoms with Crippen molar-refractivity contribution in [2.75, 3.05) is 32.2 Å². The Balaban J connectivity index is 2.77. The fourth-order valence-electron chi connectivity index (χ4n) is 1.16. The number of nitrogens with zero attached hydrogens (tertiary/aromatic N) is 3. The van der Waals surface area contributed by atoms with Crippen LogP contribution in [-0.4, -0.2) is 49.5 Å². The number of anilines is 1. The molecule has 0 aliphatic carbocycles. The number of likely N-dealkylation sites (N-methyl/N-ethyl adjacent to an activating group) is 1. The number of nitrogen functional groups attached to an aromatic ring is 1. The molecule has 0 aliphatic heterocycles. The molecule has 0 amide bonds. The molecule has 3 N–H and O–H groups in total. The van der Waals surface area contributed by atoms with Crippen LogP contribution in [0, 0.1) is 0 Å². The molecule has 0 saturated heterocycles. The average Bonchev–Trinajstić information content (AvgIpc) is 2.39. The SMILES string of the molecule is CCOCCN(C)S(=O)(=O)c1cnc(NN)nc1. The second-order valence-electron chi connectivity index (χ2n) is 3.41. The lowest BCUT2D eigenvalue weighted by molar-refractivity contribution is 0.138. The Kier molecular flexibility index (Phi) is 5.41. The fraction of sp³-hybridized carbons (Fsp3) is 0.556. The molecular weight excluding hydrogens is 258 g/mol. The van der Waals surface area contributed by atoms with Crippen LogP contribution in [0.25, 0.3) is 0 Å². The molecular formula is C9H17N5O3S. The second-order valence-corrected chi connectivity index (χ2v) is 5.46. The molecule has 8 nitrogen and oxygen atoms in total. The van der Waals surface area contributed by atoms with Crippen LogP contribution in [0.4, 0.5) is 5.95 Å². The van der Waals surface area contributed by atoms with Gasteiger partial charge in [0.25, 0.3) is 0 Å². The molecule has 1 aromatic heterocycles. The van der Waals surface area contributed by atoms with Gasteiger partial charge in [-0.05, 0) is 6.92 Å². The van der Waals surface area contributed by atoms with Crippen molar-refractivity contribution in [3.05, 3.63) is 12.4 Å². The van der Waals surface area contributed by atoms with E-state index >= 15 is 0 Å². The zero-order valence-electron chi connectivity index (χ0n) is 10.3. The van der Waals surface area contributed by atoms with Gasteiger partial charge in [-0.25, -0.2) is 24.2 Å². The van der Waals surface area contributed by atoms with Gasteiger partial charge >= 0.3 is 0 Å². The summed E-state index contributed by atoms with van der Waals surface area (Å²) in [6.07, 6.45) is 2.41. The van der Waals surface area contributed by atoms with E-state index < -0.39 is 10.0 Å².